The molecule has 0 spiro atoms. The molecule has 1 aromatic carbocycles. The van der Waals surface area contributed by atoms with Gasteiger partial charge in [0, 0.05) is 18.4 Å². The van der Waals surface area contributed by atoms with Crippen LogP contribution in [0.25, 0.3) is 0 Å². The number of rotatable bonds is 3. The van der Waals surface area contributed by atoms with Gasteiger partial charge < -0.3 is 9.42 Å². The number of hydrogen-bond donors (Lipinski definition) is 0. The number of aryl methyl sites for hydroxylation is 2. The van der Waals surface area contributed by atoms with E-state index in [-0.39, 0.29) is 17.4 Å². The van der Waals surface area contributed by atoms with Crippen molar-refractivity contribution in [2.75, 3.05) is 0 Å². The molecule has 1 aromatic heterocycles. The van der Waals surface area contributed by atoms with Gasteiger partial charge in [0.2, 0.25) is 11.8 Å². The van der Waals surface area contributed by atoms with Crippen molar-refractivity contribution in [2.45, 2.75) is 65.5 Å². The molecule has 3 rings (SSSR count). The molecule has 24 heavy (non-hydrogen) atoms. The molecule has 1 amide bonds. The zero-order valence-electron chi connectivity index (χ0n) is 15.1. The molecular weight excluding hydrogens is 302 g/mol. The molecule has 1 aliphatic heterocycles. The van der Waals surface area contributed by atoms with Gasteiger partial charge in [-0.05, 0) is 37.0 Å². The summed E-state index contributed by atoms with van der Waals surface area (Å²) in [6.45, 7) is 10.9. The second kappa shape index (κ2) is 6.04. The Morgan fingerprint density at radius 2 is 2.00 bits per heavy atom. The Hall–Kier alpha value is -2.17. The van der Waals surface area contributed by atoms with Gasteiger partial charge in [-0.2, -0.15) is 4.98 Å². The van der Waals surface area contributed by atoms with Gasteiger partial charge in [0.1, 0.15) is 6.04 Å². The standard InChI is InChI=1S/C19H25N3O2/c1-12-6-7-14(10-13(12)2)11-22-15(8-9-16(22)23)17-20-18(21-24-17)19(3,4)5/h6-7,10,15H,8-9,11H2,1-5H3. The zero-order valence-corrected chi connectivity index (χ0v) is 15.1. The van der Waals surface area contributed by atoms with Crippen molar-refractivity contribution in [3.63, 3.8) is 0 Å². The molecule has 0 N–H and O–H groups in total. The van der Waals surface area contributed by atoms with E-state index in [2.05, 4.69) is 42.2 Å². The van der Waals surface area contributed by atoms with E-state index in [1.54, 1.807) is 0 Å². The molecule has 5 nitrogen and oxygen atoms in total. The molecule has 0 saturated carbocycles. The van der Waals surface area contributed by atoms with Crippen molar-refractivity contribution in [2.24, 2.45) is 0 Å². The van der Waals surface area contributed by atoms with Crippen molar-refractivity contribution < 1.29 is 9.32 Å². The molecule has 1 fully saturated rings. The number of amides is 1. The molecule has 1 aliphatic rings. The van der Waals surface area contributed by atoms with Crippen molar-refractivity contribution in [3.8, 4) is 0 Å². The first-order valence-corrected chi connectivity index (χ1v) is 8.45. The molecule has 1 unspecified atom stereocenters. The van der Waals surface area contributed by atoms with Crippen LogP contribution in [0.4, 0.5) is 0 Å². The van der Waals surface area contributed by atoms with Gasteiger partial charge in [0.05, 0.1) is 0 Å². The van der Waals surface area contributed by atoms with E-state index < -0.39 is 0 Å². The third-order valence-corrected chi connectivity index (χ3v) is 4.65. The summed E-state index contributed by atoms with van der Waals surface area (Å²) in [6.07, 6.45) is 1.26. The van der Waals surface area contributed by atoms with Crippen LogP contribution in [-0.2, 0) is 16.8 Å². The maximum Gasteiger partial charge on any atom is 0.249 e. The summed E-state index contributed by atoms with van der Waals surface area (Å²) in [6, 6.07) is 6.21. The predicted octanol–water partition coefficient (Wildman–Crippen LogP) is 3.85. The number of carbonyl (C=O) groups excluding carboxylic acids is 1. The fourth-order valence-corrected chi connectivity index (χ4v) is 2.96. The van der Waals surface area contributed by atoms with Crippen LogP contribution < -0.4 is 0 Å². The third-order valence-electron chi connectivity index (χ3n) is 4.65. The number of nitrogens with zero attached hydrogens (tertiary/aromatic N) is 3. The fourth-order valence-electron chi connectivity index (χ4n) is 2.96. The van der Waals surface area contributed by atoms with E-state index >= 15 is 0 Å². The van der Waals surface area contributed by atoms with Gasteiger partial charge in [0.15, 0.2) is 5.82 Å². The van der Waals surface area contributed by atoms with Crippen LogP contribution >= 0.6 is 0 Å². The lowest BCUT2D eigenvalue weighted by molar-refractivity contribution is -0.129. The second-order valence-electron chi connectivity index (χ2n) is 7.70. The Morgan fingerprint density at radius 1 is 1.25 bits per heavy atom. The van der Waals surface area contributed by atoms with Crippen molar-refractivity contribution >= 4 is 5.91 Å². The topological polar surface area (TPSA) is 59.2 Å². The van der Waals surface area contributed by atoms with Crippen molar-refractivity contribution in [1.82, 2.24) is 15.0 Å². The minimum absolute atomic E-state index is 0.122. The van der Waals surface area contributed by atoms with Crippen LogP contribution in [0.2, 0.25) is 0 Å². The molecule has 0 bridgehead atoms. The Labute approximate surface area is 143 Å². The first-order chi connectivity index (χ1) is 11.3. The number of carbonyl (C=O) groups is 1. The van der Waals surface area contributed by atoms with E-state index in [4.69, 9.17) is 4.52 Å². The highest BCUT2D eigenvalue weighted by Crippen LogP contribution is 2.34. The summed E-state index contributed by atoms with van der Waals surface area (Å²) in [5.41, 5.74) is 3.47. The van der Waals surface area contributed by atoms with Crippen LogP contribution in [0.5, 0.6) is 0 Å². The Morgan fingerprint density at radius 3 is 2.62 bits per heavy atom. The molecule has 0 radical (unpaired) electrons. The average molecular weight is 327 g/mol. The molecule has 128 valence electrons. The van der Waals surface area contributed by atoms with Crippen LogP contribution in [0.1, 0.15) is 68.1 Å². The summed E-state index contributed by atoms with van der Waals surface area (Å²) in [7, 11) is 0. The van der Waals surface area contributed by atoms with Gasteiger partial charge in [-0.3, -0.25) is 4.79 Å². The summed E-state index contributed by atoms with van der Waals surface area (Å²) in [4.78, 5) is 18.8. The molecule has 5 heteroatoms. The van der Waals surface area contributed by atoms with E-state index in [1.165, 1.54) is 11.1 Å². The van der Waals surface area contributed by atoms with E-state index in [0.29, 0.717) is 24.7 Å². The molecule has 2 heterocycles. The highest BCUT2D eigenvalue weighted by Gasteiger charge is 2.36. The fraction of sp³-hybridized carbons (Fsp3) is 0.526. The summed E-state index contributed by atoms with van der Waals surface area (Å²) in [5.74, 6) is 1.38. The minimum Gasteiger partial charge on any atom is -0.337 e. The molecular formula is C19H25N3O2. The van der Waals surface area contributed by atoms with Crippen LogP contribution in [0.15, 0.2) is 22.7 Å². The van der Waals surface area contributed by atoms with E-state index in [1.807, 2.05) is 25.7 Å². The summed E-state index contributed by atoms with van der Waals surface area (Å²) < 4.78 is 5.48. The Kier molecular flexibility index (Phi) is 4.20. The largest absolute Gasteiger partial charge is 0.337 e. The first-order valence-electron chi connectivity index (χ1n) is 8.45. The number of hydrogen-bond acceptors (Lipinski definition) is 4. The molecule has 2 aromatic rings. The summed E-state index contributed by atoms with van der Waals surface area (Å²) in [5, 5.41) is 4.10. The minimum atomic E-state index is -0.163. The van der Waals surface area contributed by atoms with Crippen molar-refractivity contribution in [3.05, 3.63) is 46.6 Å². The van der Waals surface area contributed by atoms with Gasteiger partial charge in [-0.1, -0.05) is 44.1 Å². The summed E-state index contributed by atoms with van der Waals surface area (Å²) >= 11 is 0. The number of benzene rings is 1. The highest BCUT2D eigenvalue weighted by atomic mass is 16.5. The van der Waals surface area contributed by atoms with Gasteiger partial charge in [0.25, 0.3) is 0 Å². The van der Waals surface area contributed by atoms with Gasteiger partial charge in [-0.15, -0.1) is 0 Å². The predicted molar refractivity (Wildman–Crippen MR) is 91.4 cm³/mol. The highest BCUT2D eigenvalue weighted by molar-refractivity contribution is 5.78. The van der Waals surface area contributed by atoms with Crippen LogP contribution in [-0.4, -0.2) is 20.9 Å². The average Bonchev–Trinajstić information content (AvgIpc) is 3.11. The molecule has 1 saturated heterocycles. The van der Waals surface area contributed by atoms with E-state index in [0.717, 1.165) is 12.0 Å². The monoisotopic (exact) mass is 327 g/mol. The molecule has 0 aliphatic carbocycles. The lowest BCUT2D eigenvalue weighted by Gasteiger charge is -2.22. The van der Waals surface area contributed by atoms with Gasteiger partial charge >= 0.3 is 0 Å². The lowest BCUT2D eigenvalue weighted by atomic mass is 9.96. The normalized spacial score (nSPS) is 18.5. The van der Waals surface area contributed by atoms with E-state index in [9.17, 15) is 4.79 Å². The Bertz CT molecular complexity index is 758. The maximum absolute atomic E-state index is 12.4. The smallest absolute Gasteiger partial charge is 0.249 e. The first kappa shape index (κ1) is 16.7. The Balaban J connectivity index is 1.84. The zero-order chi connectivity index (χ0) is 17.5. The maximum atomic E-state index is 12.4. The quantitative estimate of drug-likeness (QED) is 0.859. The SMILES string of the molecule is Cc1ccc(CN2C(=O)CCC2c2nc(C(C)(C)C)no2)cc1C. The van der Waals surface area contributed by atoms with Crippen LogP contribution in [0.3, 0.4) is 0 Å². The third kappa shape index (κ3) is 3.21. The number of aromatic nitrogens is 2. The lowest BCUT2D eigenvalue weighted by Crippen LogP contribution is -2.27. The van der Waals surface area contributed by atoms with Gasteiger partial charge in [-0.25, -0.2) is 0 Å². The molecule has 1 atom stereocenters. The van der Waals surface area contributed by atoms with Crippen molar-refractivity contribution in [1.29, 1.82) is 0 Å². The second-order valence-corrected chi connectivity index (χ2v) is 7.70. The number of likely N-dealkylation sites (tertiary alicyclic amines) is 1. The van der Waals surface area contributed by atoms with Crippen LogP contribution in [0, 0.1) is 13.8 Å².